The van der Waals surface area contributed by atoms with Crippen molar-refractivity contribution in [2.24, 2.45) is 0 Å². The van der Waals surface area contributed by atoms with Gasteiger partial charge in [-0.1, -0.05) is 12.1 Å². The summed E-state index contributed by atoms with van der Waals surface area (Å²) < 4.78 is 10.8. The number of nitrogens with zero attached hydrogens (tertiary/aromatic N) is 2. The molecule has 0 saturated carbocycles. The van der Waals surface area contributed by atoms with E-state index in [1.54, 1.807) is 25.1 Å². The Bertz CT molecular complexity index is 735. The lowest BCUT2D eigenvalue weighted by Crippen LogP contribution is -1.96. The third kappa shape index (κ3) is 2.92. The molecule has 0 unspecified atom stereocenters. The van der Waals surface area contributed by atoms with Gasteiger partial charge in [0.2, 0.25) is 0 Å². The van der Waals surface area contributed by atoms with Crippen molar-refractivity contribution in [3.63, 3.8) is 0 Å². The summed E-state index contributed by atoms with van der Waals surface area (Å²) in [5.41, 5.74) is 0.990. The fourth-order valence-corrected chi connectivity index (χ4v) is 1.84. The maximum Gasteiger partial charge on any atom is 0.273 e. The van der Waals surface area contributed by atoms with Crippen LogP contribution in [-0.2, 0) is 0 Å². The Kier molecular flexibility index (Phi) is 4.05. The van der Waals surface area contributed by atoms with Gasteiger partial charge in [-0.2, -0.15) is 5.26 Å². The molecule has 6 heteroatoms. The topological polar surface area (TPSA) is 85.4 Å². The molecule has 106 valence electrons. The van der Waals surface area contributed by atoms with Crippen molar-refractivity contribution in [1.29, 1.82) is 5.26 Å². The first-order valence-electron chi connectivity index (χ1n) is 6.07. The molecule has 2 aromatic carbocycles. The van der Waals surface area contributed by atoms with Crippen LogP contribution in [0.25, 0.3) is 0 Å². The average Bonchev–Trinajstić information content (AvgIpc) is 2.49. The lowest BCUT2D eigenvalue weighted by molar-refractivity contribution is -0.384. The molecule has 2 rings (SSSR count). The summed E-state index contributed by atoms with van der Waals surface area (Å²) in [7, 11) is 1.44. The van der Waals surface area contributed by atoms with Crippen molar-refractivity contribution < 1.29 is 14.4 Å². The number of benzene rings is 2. The molecule has 0 saturated heterocycles. The highest BCUT2D eigenvalue weighted by atomic mass is 16.6. The lowest BCUT2D eigenvalue weighted by Gasteiger charge is -2.13. The normalized spacial score (nSPS) is 9.76. The quantitative estimate of drug-likeness (QED) is 0.632. The van der Waals surface area contributed by atoms with Crippen molar-refractivity contribution in [2.75, 3.05) is 7.11 Å². The SMILES string of the molecule is COc1ccc([N+](=O)[O-])cc1Oc1c(C)cccc1C#N. The fourth-order valence-electron chi connectivity index (χ4n) is 1.84. The Morgan fingerprint density at radius 1 is 1.24 bits per heavy atom. The summed E-state index contributed by atoms with van der Waals surface area (Å²) >= 11 is 0. The molecule has 6 nitrogen and oxygen atoms in total. The van der Waals surface area contributed by atoms with E-state index in [0.717, 1.165) is 5.56 Å². The van der Waals surface area contributed by atoms with Gasteiger partial charge in [0.15, 0.2) is 11.5 Å². The first-order chi connectivity index (χ1) is 10.1. The summed E-state index contributed by atoms with van der Waals surface area (Å²) in [4.78, 5) is 10.3. The molecule has 0 bridgehead atoms. The molecule has 0 aliphatic carbocycles. The van der Waals surface area contributed by atoms with E-state index in [-0.39, 0.29) is 11.4 Å². The van der Waals surface area contributed by atoms with Gasteiger partial charge in [0, 0.05) is 6.07 Å². The second-order valence-corrected chi connectivity index (χ2v) is 4.26. The minimum atomic E-state index is -0.518. The third-order valence-corrected chi connectivity index (χ3v) is 2.90. The Morgan fingerprint density at radius 3 is 2.62 bits per heavy atom. The number of methoxy groups -OCH3 is 1. The summed E-state index contributed by atoms with van der Waals surface area (Å²) in [6.07, 6.45) is 0. The van der Waals surface area contributed by atoms with Crippen LogP contribution in [0.3, 0.4) is 0 Å². The molecule has 0 N–H and O–H groups in total. The number of non-ortho nitro benzene ring substituents is 1. The number of hydrogen-bond acceptors (Lipinski definition) is 5. The molecular formula is C15H12N2O4. The van der Waals surface area contributed by atoms with Gasteiger partial charge in [-0.25, -0.2) is 0 Å². The van der Waals surface area contributed by atoms with E-state index in [0.29, 0.717) is 17.1 Å². The zero-order valence-corrected chi connectivity index (χ0v) is 11.5. The number of nitro groups is 1. The standard InChI is InChI=1S/C15H12N2O4/c1-10-4-3-5-11(9-16)15(10)21-14-8-12(17(18)19)6-7-13(14)20-2/h3-8H,1-2H3. The van der Waals surface area contributed by atoms with Crippen LogP contribution >= 0.6 is 0 Å². The zero-order valence-electron chi connectivity index (χ0n) is 11.5. The summed E-state index contributed by atoms with van der Waals surface area (Å²) in [6, 6.07) is 11.2. The number of hydrogen-bond donors (Lipinski definition) is 0. The Balaban J connectivity index is 2.51. The Labute approximate surface area is 121 Å². The summed E-state index contributed by atoms with van der Waals surface area (Å²) in [5, 5.41) is 20.0. The highest BCUT2D eigenvalue weighted by molar-refractivity contribution is 5.54. The third-order valence-electron chi connectivity index (χ3n) is 2.90. The van der Waals surface area contributed by atoms with Crippen LogP contribution in [0.15, 0.2) is 36.4 Å². The molecular weight excluding hydrogens is 272 g/mol. The molecule has 21 heavy (non-hydrogen) atoms. The first-order valence-corrected chi connectivity index (χ1v) is 6.07. The van der Waals surface area contributed by atoms with E-state index in [1.807, 2.05) is 6.07 Å². The second kappa shape index (κ2) is 5.92. The van der Waals surface area contributed by atoms with E-state index in [1.165, 1.54) is 25.3 Å². The van der Waals surface area contributed by atoms with Crippen molar-refractivity contribution in [1.82, 2.24) is 0 Å². The van der Waals surface area contributed by atoms with Gasteiger partial charge >= 0.3 is 0 Å². The minimum Gasteiger partial charge on any atom is -0.493 e. The van der Waals surface area contributed by atoms with Gasteiger partial charge in [-0.15, -0.1) is 0 Å². The van der Waals surface area contributed by atoms with E-state index >= 15 is 0 Å². The summed E-state index contributed by atoms with van der Waals surface area (Å²) in [6.45, 7) is 1.79. The van der Waals surface area contributed by atoms with E-state index < -0.39 is 4.92 Å². The first kappa shape index (κ1) is 14.3. The van der Waals surface area contributed by atoms with Crippen molar-refractivity contribution in [2.45, 2.75) is 6.92 Å². The van der Waals surface area contributed by atoms with E-state index in [9.17, 15) is 10.1 Å². The summed E-state index contributed by atoms with van der Waals surface area (Å²) in [5.74, 6) is 0.907. The van der Waals surface area contributed by atoms with E-state index in [4.69, 9.17) is 14.7 Å². The molecule has 0 spiro atoms. The van der Waals surface area contributed by atoms with Crippen LogP contribution in [0.5, 0.6) is 17.2 Å². The number of rotatable bonds is 4. The molecule has 0 heterocycles. The number of ether oxygens (including phenoxy) is 2. The molecule has 0 fully saturated rings. The van der Waals surface area contributed by atoms with Gasteiger partial charge in [0.25, 0.3) is 5.69 Å². The van der Waals surface area contributed by atoms with Crippen LogP contribution in [0.4, 0.5) is 5.69 Å². The van der Waals surface area contributed by atoms with Gasteiger partial charge in [0.05, 0.1) is 23.7 Å². The Morgan fingerprint density at radius 2 is 2.00 bits per heavy atom. The average molecular weight is 284 g/mol. The highest BCUT2D eigenvalue weighted by Crippen LogP contribution is 2.37. The van der Waals surface area contributed by atoms with E-state index in [2.05, 4.69) is 0 Å². The maximum atomic E-state index is 10.9. The van der Waals surface area contributed by atoms with Crippen LogP contribution in [0.2, 0.25) is 0 Å². The molecule has 0 atom stereocenters. The number of aryl methyl sites for hydroxylation is 1. The largest absolute Gasteiger partial charge is 0.493 e. The highest BCUT2D eigenvalue weighted by Gasteiger charge is 2.15. The smallest absolute Gasteiger partial charge is 0.273 e. The van der Waals surface area contributed by atoms with Crippen LogP contribution in [0.1, 0.15) is 11.1 Å². The fraction of sp³-hybridized carbons (Fsp3) is 0.133. The van der Waals surface area contributed by atoms with Crippen molar-refractivity contribution in [3.8, 4) is 23.3 Å². The monoisotopic (exact) mass is 284 g/mol. The van der Waals surface area contributed by atoms with Crippen molar-refractivity contribution in [3.05, 3.63) is 57.6 Å². The number of nitriles is 1. The molecule has 0 aliphatic heterocycles. The number of nitro benzene ring substituents is 1. The lowest BCUT2D eigenvalue weighted by atomic mass is 10.1. The van der Waals surface area contributed by atoms with Crippen LogP contribution in [-0.4, -0.2) is 12.0 Å². The number of para-hydroxylation sites is 1. The van der Waals surface area contributed by atoms with Crippen molar-refractivity contribution >= 4 is 5.69 Å². The second-order valence-electron chi connectivity index (χ2n) is 4.26. The maximum absolute atomic E-state index is 10.9. The molecule has 2 aromatic rings. The molecule has 0 amide bonds. The zero-order chi connectivity index (χ0) is 15.4. The van der Waals surface area contributed by atoms with Gasteiger partial charge in [-0.05, 0) is 24.6 Å². The molecule has 0 aromatic heterocycles. The Hall–Kier alpha value is -3.07. The van der Waals surface area contributed by atoms with Gasteiger partial charge < -0.3 is 9.47 Å². The van der Waals surface area contributed by atoms with Crippen LogP contribution < -0.4 is 9.47 Å². The molecule has 0 aliphatic rings. The van der Waals surface area contributed by atoms with Gasteiger partial charge in [0.1, 0.15) is 11.8 Å². The predicted molar refractivity (Wildman–Crippen MR) is 75.6 cm³/mol. The van der Waals surface area contributed by atoms with Gasteiger partial charge in [-0.3, -0.25) is 10.1 Å². The minimum absolute atomic E-state index is 0.113. The predicted octanol–water partition coefficient (Wildman–Crippen LogP) is 3.58. The van der Waals surface area contributed by atoms with Crippen LogP contribution in [0, 0.1) is 28.4 Å². The molecule has 0 radical (unpaired) electrons.